The summed E-state index contributed by atoms with van der Waals surface area (Å²) in [5, 5.41) is 9.20. The van der Waals surface area contributed by atoms with Gasteiger partial charge in [0, 0.05) is 20.1 Å². The third kappa shape index (κ3) is 4.51. The van der Waals surface area contributed by atoms with Crippen molar-refractivity contribution in [3.63, 3.8) is 0 Å². The molecule has 0 aliphatic heterocycles. The second-order valence-corrected chi connectivity index (χ2v) is 5.81. The van der Waals surface area contributed by atoms with Crippen LogP contribution in [-0.4, -0.2) is 20.1 Å². The highest BCUT2D eigenvalue weighted by Gasteiger charge is 2.01. The molecule has 0 aliphatic rings. The largest absolute Gasteiger partial charge is 0.497 e. The van der Waals surface area contributed by atoms with Crippen molar-refractivity contribution in [1.82, 2.24) is 10.6 Å². The smallest absolute Gasteiger partial charge is 0.191 e. The van der Waals surface area contributed by atoms with Crippen LogP contribution in [0.4, 0.5) is 0 Å². The first-order chi connectivity index (χ1) is 12.3. The maximum Gasteiger partial charge on any atom is 0.191 e. The summed E-state index contributed by atoms with van der Waals surface area (Å²) >= 11 is 0. The number of ether oxygens (including phenoxy) is 1. The van der Waals surface area contributed by atoms with Crippen LogP contribution in [0, 0.1) is 0 Å². The molecule has 0 atom stereocenters. The quantitative estimate of drug-likeness (QED) is 0.553. The monoisotopic (exact) mass is 333 g/mol. The van der Waals surface area contributed by atoms with Gasteiger partial charge >= 0.3 is 0 Å². The Kier molecular flexibility index (Phi) is 5.52. The van der Waals surface area contributed by atoms with Gasteiger partial charge in [-0.2, -0.15) is 0 Å². The molecule has 25 heavy (non-hydrogen) atoms. The highest BCUT2D eigenvalue weighted by molar-refractivity contribution is 5.83. The zero-order chi connectivity index (χ0) is 17.5. The molecular weight excluding hydrogens is 310 g/mol. The first-order valence-electron chi connectivity index (χ1n) is 8.33. The molecule has 0 heterocycles. The third-order valence-electron chi connectivity index (χ3n) is 4.12. The van der Waals surface area contributed by atoms with Gasteiger partial charge in [-0.3, -0.25) is 4.99 Å². The fourth-order valence-electron chi connectivity index (χ4n) is 2.68. The molecule has 0 saturated carbocycles. The summed E-state index contributed by atoms with van der Waals surface area (Å²) in [7, 11) is 3.45. The maximum atomic E-state index is 5.18. The fraction of sp³-hybridized carbons (Fsp3) is 0.190. The zero-order valence-corrected chi connectivity index (χ0v) is 14.6. The number of hydrogen-bond donors (Lipinski definition) is 2. The van der Waals surface area contributed by atoms with E-state index in [1.54, 1.807) is 14.2 Å². The van der Waals surface area contributed by atoms with Crippen molar-refractivity contribution >= 4 is 16.7 Å². The summed E-state index contributed by atoms with van der Waals surface area (Å²) in [5.41, 5.74) is 2.40. The van der Waals surface area contributed by atoms with E-state index >= 15 is 0 Å². The molecule has 3 aromatic carbocycles. The predicted octanol–water partition coefficient (Wildman–Crippen LogP) is 3.71. The number of rotatable bonds is 5. The molecule has 3 aromatic rings. The molecule has 0 fully saturated rings. The lowest BCUT2D eigenvalue weighted by atomic mass is 10.1. The Morgan fingerprint density at radius 3 is 2.16 bits per heavy atom. The van der Waals surface area contributed by atoms with Gasteiger partial charge in [-0.15, -0.1) is 0 Å². The average Bonchev–Trinajstić information content (AvgIpc) is 2.68. The molecular formula is C21H23N3O. The zero-order valence-electron chi connectivity index (χ0n) is 14.6. The molecule has 3 rings (SSSR count). The van der Waals surface area contributed by atoms with Gasteiger partial charge in [0.2, 0.25) is 0 Å². The van der Waals surface area contributed by atoms with Gasteiger partial charge in [0.15, 0.2) is 5.96 Å². The SMILES string of the molecule is CN=C(NCc1ccc(OC)cc1)NCc1ccc2ccccc2c1. The van der Waals surface area contributed by atoms with Gasteiger partial charge in [0.1, 0.15) is 5.75 Å². The Balaban J connectivity index is 1.56. The van der Waals surface area contributed by atoms with Crippen LogP contribution in [0.25, 0.3) is 10.8 Å². The van der Waals surface area contributed by atoms with E-state index in [0.29, 0.717) is 6.54 Å². The number of guanidine groups is 1. The van der Waals surface area contributed by atoms with Crippen molar-refractivity contribution in [3.05, 3.63) is 77.9 Å². The lowest BCUT2D eigenvalue weighted by molar-refractivity contribution is 0.414. The molecule has 0 unspecified atom stereocenters. The number of nitrogens with zero attached hydrogens (tertiary/aromatic N) is 1. The topological polar surface area (TPSA) is 45.7 Å². The molecule has 0 saturated heterocycles. The molecule has 0 radical (unpaired) electrons. The van der Waals surface area contributed by atoms with Crippen LogP contribution in [0.2, 0.25) is 0 Å². The van der Waals surface area contributed by atoms with Gasteiger partial charge in [-0.05, 0) is 40.1 Å². The summed E-state index contributed by atoms with van der Waals surface area (Å²) in [6.07, 6.45) is 0. The maximum absolute atomic E-state index is 5.18. The number of benzene rings is 3. The lowest BCUT2D eigenvalue weighted by Gasteiger charge is -2.12. The van der Waals surface area contributed by atoms with E-state index in [4.69, 9.17) is 4.74 Å². The number of hydrogen-bond acceptors (Lipinski definition) is 2. The van der Waals surface area contributed by atoms with E-state index in [1.807, 2.05) is 24.3 Å². The van der Waals surface area contributed by atoms with Crippen molar-refractivity contribution in [1.29, 1.82) is 0 Å². The molecule has 0 spiro atoms. The normalized spacial score (nSPS) is 11.4. The van der Waals surface area contributed by atoms with Crippen LogP contribution in [-0.2, 0) is 13.1 Å². The van der Waals surface area contributed by atoms with Crippen molar-refractivity contribution in [2.45, 2.75) is 13.1 Å². The van der Waals surface area contributed by atoms with Crippen molar-refractivity contribution in [2.24, 2.45) is 4.99 Å². The van der Waals surface area contributed by atoms with Gasteiger partial charge in [0.25, 0.3) is 0 Å². The molecule has 0 amide bonds. The fourth-order valence-corrected chi connectivity index (χ4v) is 2.68. The van der Waals surface area contributed by atoms with E-state index < -0.39 is 0 Å². The summed E-state index contributed by atoms with van der Waals surface area (Å²) < 4.78 is 5.18. The second kappa shape index (κ2) is 8.20. The predicted molar refractivity (Wildman–Crippen MR) is 104 cm³/mol. The Hall–Kier alpha value is -3.01. The third-order valence-corrected chi connectivity index (χ3v) is 4.12. The highest BCUT2D eigenvalue weighted by Crippen LogP contribution is 2.15. The molecule has 4 nitrogen and oxygen atoms in total. The Bertz CT molecular complexity index is 856. The van der Waals surface area contributed by atoms with Gasteiger partial charge < -0.3 is 15.4 Å². The summed E-state index contributed by atoms with van der Waals surface area (Å²) in [6, 6.07) is 22.9. The summed E-state index contributed by atoms with van der Waals surface area (Å²) in [5.74, 6) is 1.64. The Morgan fingerprint density at radius 1 is 0.840 bits per heavy atom. The van der Waals surface area contributed by atoms with Crippen LogP contribution in [0.1, 0.15) is 11.1 Å². The summed E-state index contributed by atoms with van der Waals surface area (Å²) in [4.78, 5) is 4.28. The minimum atomic E-state index is 0.710. The van der Waals surface area contributed by atoms with Gasteiger partial charge in [-0.1, -0.05) is 48.5 Å². The number of aliphatic imine (C=N–C) groups is 1. The standard InChI is InChI=1S/C21H23N3O/c1-22-21(23-14-16-8-11-20(25-2)12-9-16)24-15-17-7-10-18-5-3-4-6-19(18)13-17/h3-13H,14-15H2,1-2H3,(H2,22,23,24). The van der Waals surface area contributed by atoms with E-state index in [2.05, 4.69) is 58.1 Å². The van der Waals surface area contributed by atoms with Gasteiger partial charge in [-0.25, -0.2) is 0 Å². The van der Waals surface area contributed by atoms with Crippen molar-refractivity contribution in [3.8, 4) is 5.75 Å². The van der Waals surface area contributed by atoms with Crippen LogP contribution < -0.4 is 15.4 Å². The van der Waals surface area contributed by atoms with Crippen LogP contribution in [0.5, 0.6) is 5.75 Å². The Morgan fingerprint density at radius 2 is 1.48 bits per heavy atom. The van der Waals surface area contributed by atoms with Crippen LogP contribution >= 0.6 is 0 Å². The Labute approximate surface area is 148 Å². The van der Waals surface area contributed by atoms with Gasteiger partial charge in [0.05, 0.1) is 7.11 Å². The molecule has 2 N–H and O–H groups in total. The van der Waals surface area contributed by atoms with Crippen LogP contribution in [0.3, 0.4) is 0 Å². The van der Waals surface area contributed by atoms with E-state index in [1.165, 1.54) is 21.9 Å². The average molecular weight is 333 g/mol. The number of fused-ring (bicyclic) bond motifs is 1. The lowest BCUT2D eigenvalue weighted by Crippen LogP contribution is -2.36. The first-order valence-corrected chi connectivity index (χ1v) is 8.33. The number of nitrogens with one attached hydrogen (secondary N) is 2. The molecule has 0 aliphatic carbocycles. The van der Waals surface area contributed by atoms with Crippen molar-refractivity contribution in [2.75, 3.05) is 14.2 Å². The first kappa shape index (κ1) is 16.8. The van der Waals surface area contributed by atoms with E-state index in [9.17, 15) is 0 Å². The minimum absolute atomic E-state index is 0.710. The molecule has 4 heteroatoms. The molecule has 0 bridgehead atoms. The summed E-state index contributed by atoms with van der Waals surface area (Å²) in [6.45, 7) is 1.44. The highest BCUT2D eigenvalue weighted by atomic mass is 16.5. The molecule has 128 valence electrons. The van der Waals surface area contributed by atoms with Crippen molar-refractivity contribution < 1.29 is 4.74 Å². The molecule has 0 aromatic heterocycles. The van der Waals surface area contributed by atoms with E-state index in [-0.39, 0.29) is 0 Å². The van der Waals surface area contributed by atoms with Crippen LogP contribution in [0.15, 0.2) is 71.7 Å². The minimum Gasteiger partial charge on any atom is -0.497 e. The van der Waals surface area contributed by atoms with E-state index in [0.717, 1.165) is 18.3 Å². The second-order valence-electron chi connectivity index (χ2n) is 5.81. The number of methoxy groups -OCH3 is 1.